The Kier molecular flexibility index (Phi) is 9.47. The summed E-state index contributed by atoms with van der Waals surface area (Å²) in [6.07, 6.45) is 6.76. The van der Waals surface area contributed by atoms with Gasteiger partial charge >= 0.3 is 0 Å². The number of nitrogens with one attached hydrogen (secondary N) is 2. The Balaban J connectivity index is 1.59. The zero-order chi connectivity index (χ0) is 21.9. The molecule has 0 unspecified atom stereocenters. The first-order chi connectivity index (χ1) is 15.1. The lowest BCUT2D eigenvalue weighted by Crippen LogP contribution is -2.42. The smallest absolute Gasteiger partial charge is 0.222 e. The Morgan fingerprint density at radius 1 is 1.19 bits per heavy atom. The molecule has 2 aliphatic rings. The Morgan fingerprint density at radius 2 is 2.00 bits per heavy atom. The molecule has 172 valence electrons. The number of benzene rings is 1. The topological polar surface area (TPSA) is 66.0 Å². The molecule has 1 aromatic carbocycles. The van der Waals surface area contributed by atoms with Crippen LogP contribution in [0.5, 0.6) is 0 Å². The number of amides is 1. The molecule has 2 saturated heterocycles. The number of aliphatic imine (C=N–C) groups is 1. The van der Waals surface area contributed by atoms with Crippen LogP contribution in [0.15, 0.2) is 29.3 Å². The molecule has 31 heavy (non-hydrogen) atoms. The molecule has 2 fully saturated rings. The number of ether oxygens (including phenoxy) is 1. The largest absolute Gasteiger partial charge is 0.381 e. The van der Waals surface area contributed by atoms with E-state index in [1.165, 1.54) is 5.56 Å². The normalized spacial score (nSPS) is 19.7. The predicted molar refractivity (Wildman–Crippen MR) is 127 cm³/mol. The number of rotatable bonds is 8. The second-order valence-corrected chi connectivity index (χ2v) is 8.95. The van der Waals surface area contributed by atoms with Crippen molar-refractivity contribution < 1.29 is 9.53 Å². The number of hydrogen-bond donors (Lipinski definition) is 2. The summed E-state index contributed by atoms with van der Waals surface area (Å²) in [6, 6.07) is 8.12. The van der Waals surface area contributed by atoms with Crippen molar-refractivity contribution in [2.24, 2.45) is 4.99 Å². The van der Waals surface area contributed by atoms with E-state index < -0.39 is 0 Å². The molecule has 2 heterocycles. The zero-order valence-electron chi connectivity index (χ0n) is 18.8. The SMILES string of the molecule is CCNC(=NCC1(c2ccccc2Cl)CCOCC1)NCCCN1CCCCCC1=O. The van der Waals surface area contributed by atoms with Gasteiger partial charge in [0.1, 0.15) is 0 Å². The van der Waals surface area contributed by atoms with Crippen molar-refractivity contribution >= 4 is 23.5 Å². The van der Waals surface area contributed by atoms with E-state index in [1.807, 2.05) is 17.0 Å². The van der Waals surface area contributed by atoms with Crippen LogP contribution in [0.4, 0.5) is 0 Å². The summed E-state index contributed by atoms with van der Waals surface area (Å²) in [6.45, 7) is 7.51. The maximum Gasteiger partial charge on any atom is 0.222 e. The van der Waals surface area contributed by atoms with Crippen molar-refractivity contribution in [3.8, 4) is 0 Å². The van der Waals surface area contributed by atoms with Crippen LogP contribution in [0.25, 0.3) is 0 Å². The number of carbonyl (C=O) groups is 1. The van der Waals surface area contributed by atoms with Crippen molar-refractivity contribution in [3.05, 3.63) is 34.9 Å². The standard InChI is InChI=1S/C24H37ClN4O2/c1-2-26-23(27-14-8-16-29-15-7-3-4-11-22(29)30)28-19-24(12-17-31-18-13-24)20-9-5-6-10-21(20)25/h5-6,9-10H,2-4,7-8,11-19H2,1H3,(H2,26,27,28). The van der Waals surface area contributed by atoms with Gasteiger partial charge in [0.05, 0.1) is 6.54 Å². The predicted octanol–water partition coefficient (Wildman–Crippen LogP) is 3.74. The number of halogens is 1. The van der Waals surface area contributed by atoms with E-state index in [1.54, 1.807) is 0 Å². The molecule has 0 aromatic heterocycles. The lowest BCUT2D eigenvalue weighted by molar-refractivity contribution is -0.130. The monoisotopic (exact) mass is 448 g/mol. The van der Waals surface area contributed by atoms with Gasteiger partial charge in [-0.15, -0.1) is 0 Å². The van der Waals surface area contributed by atoms with E-state index in [2.05, 4.69) is 29.7 Å². The molecule has 3 rings (SSSR count). The summed E-state index contributed by atoms with van der Waals surface area (Å²) in [5, 5.41) is 7.61. The van der Waals surface area contributed by atoms with Gasteiger partial charge in [0.15, 0.2) is 5.96 Å². The number of nitrogens with zero attached hydrogens (tertiary/aromatic N) is 2. The Labute approximate surface area is 191 Å². The fourth-order valence-electron chi connectivity index (χ4n) is 4.49. The maximum atomic E-state index is 12.2. The Bertz CT molecular complexity index is 734. The first-order valence-corrected chi connectivity index (χ1v) is 12.2. The van der Waals surface area contributed by atoms with Crippen LogP contribution in [-0.2, 0) is 14.9 Å². The molecule has 0 bridgehead atoms. The minimum Gasteiger partial charge on any atom is -0.381 e. The second kappa shape index (κ2) is 12.3. The van der Waals surface area contributed by atoms with E-state index >= 15 is 0 Å². The zero-order valence-corrected chi connectivity index (χ0v) is 19.6. The Morgan fingerprint density at radius 3 is 2.77 bits per heavy atom. The molecule has 1 aromatic rings. The van der Waals surface area contributed by atoms with Crippen molar-refractivity contribution in [3.63, 3.8) is 0 Å². The summed E-state index contributed by atoms with van der Waals surface area (Å²) < 4.78 is 5.64. The average molecular weight is 449 g/mol. The Hall–Kier alpha value is -1.79. The van der Waals surface area contributed by atoms with Gasteiger partial charge < -0.3 is 20.3 Å². The first-order valence-electron chi connectivity index (χ1n) is 11.8. The molecule has 2 aliphatic heterocycles. The van der Waals surface area contributed by atoms with Crippen LogP contribution in [0.2, 0.25) is 5.02 Å². The first kappa shape index (κ1) is 23.9. The van der Waals surface area contributed by atoms with E-state index in [0.29, 0.717) is 18.9 Å². The van der Waals surface area contributed by atoms with E-state index in [4.69, 9.17) is 21.3 Å². The summed E-state index contributed by atoms with van der Waals surface area (Å²) >= 11 is 6.57. The number of guanidine groups is 1. The van der Waals surface area contributed by atoms with Crippen LogP contribution in [-0.4, -0.2) is 62.7 Å². The van der Waals surface area contributed by atoms with Crippen molar-refractivity contribution in [1.29, 1.82) is 0 Å². The van der Waals surface area contributed by atoms with Crippen LogP contribution >= 0.6 is 11.6 Å². The molecule has 7 heteroatoms. The second-order valence-electron chi connectivity index (χ2n) is 8.54. The van der Waals surface area contributed by atoms with E-state index in [9.17, 15) is 4.79 Å². The number of hydrogen-bond acceptors (Lipinski definition) is 3. The molecule has 0 radical (unpaired) electrons. The molecular formula is C24H37ClN4O2. The molecule has 0 spiro atoms. The highest BCUT2D eigenvalue weighted by atomic mass is 35.5. The van der Waals surface area contributed by atoms with E-state index in [0.717, 1.165) is 88.9 Å². The summed E-state index contributed by atoms with van der Waals surface area (Å²) in [7, 11) is 0. The van der Waals surface area contributed by atoms with Gasteiger partial charge in [-0.3, -0.25) is 9.79 Å². The quantitative estimate of drug-likeness (QED) is 0.361. The number of carbonyl (C=O) groups excluding carboxylic acids is 1. The third-order valence-corrected chi connectivity index (χ3v) is 6.68. The molecule has 0 saturated carbocycles. The van der Waals surface area contributed by atoms with Gasteiger partial charge in [-0.05, 0) is 50.7 Å². The minimum atomic E-state index is -0.0998. The number of likely N-dealkylation sites (tertiary alicyclic amines) is 1. The molecule has 0 atom stereocenters. The summed E-state index contributed by atoms with van der Waals surface area (Å²) in [4.78, 5) is 19.1. The third kappa shape index (κ3) is 6.84. The summed E-state index contributed by atoms with van der Waals surface area (Å²) in [5.74, 6) is 1.13. The van der Waals surface area contributed by atoms with Crippen molar-refractivity contribution in [2.75, 3.05) is 45.9 Å². The lowest BCUT2D eigenvalue weighted by Gasteiger charge is -2.37. The van der Waals surface area contributed by atoms with Crippen LogP contribution < -0.4 is 10.6 Å². The van der Waals surface area contributed by atoms with Crippen molar-refractivity contribution in [2.45, 2.75) is 57.3 Å². The fourth-order valence-corrected chi connectivity index (χ4v) is 4.83. The summed E-state index contributed by atoms with van der Waals surface area (Å²) in [5.41, 5.74) is 1.07. The van der Waals surface area contributed by atoms with Gasteiger partial charge in [-0.2, -0.15) is 0 Å². The van der Waals surface area contributed by atoms with E-state index in [-0.39, 0.29) is 5.41 Å². The highest BCUT2D eigenvalue weighted by molar-refractivity contribution is 6.31. The third-order valence-electron chi connectivity index (χ3n) is 6.35. The van der Waals surface area contributed by atoms with Crippen LogP contribution in [0.1, 0.15) is 57.4 Å². The van der Waals surface area contributed by atoms with Gasteiger partial charge in [0.25, 0.3) is 0 Å². The fraction of sp³-hybridized carbons (Fsp3) is 0.667. The molecule has 1 amide bonds. The highest BCUT2D eigenvalue weighted by Gasteiger charge is 2.36. The van der Waals surface area contributed by atoms with Crippen LogP contribution in [0, 0.1) is 0 Å². The van der Waals surface area contributed by atoms with Crippen LogP contribution in [0.3, 0.4) is 0 Å². The highest BCUT2D eigenvalue weighted by Crippen LogP contribution is 2.38. The molecular weight excluding hydrogens is 412 g/mol. The maximum absolute atomic E-state index is 12.2. The van der Waals surface area contributed by atoms with Gasteiger partial charge in [-0.1, -0.05) is 36.2 Å². The van der Waals surface area contributed by atoms with Crippen molar-refractivity contribution in [1.82, 2.24) is 15.5 Å². The van der Waals surface area contributed by atoms with Gasteiger partial charge in [0.2, 0.25) is 5.91 Å². The molecule has 6 nitrogen and oxygen atoms in total. The lowest BCUT2D eigenvalue weighted by atomic mass is 9.74. The van der Waals surface area contributed by atoms with Gasteiger partial charge in [-0.25, -0.2) is 0 Å². The van der Waals surface area contributed by atoms with Gasteiger partial charge in [0, 0.05) is 56.3 Å². The average Bonchev–Trinajstić information content (AvgIpc) is 3.00. The molecule has 0 aliphatic carbocycles. The minimum absolute atomic E-state index is 0.0998. The molecule has 2 N–H and O–H groups in total.